The van der Waals surface area contributed by atoms with Crippen LogP contribution in [0.4, 0.5) is 21.5 Å². The van der Waals surface area contributed by atoms with Gasteiger partial charge in [0.15, 0.2) is 0 Å². The van der Waals surface area contributed by atoms with Crippen LogP contribution in [-0.4, -0.2) is 28.5 Å². The number of fused-ring (bicyclic) bond motifs is 1. The highest BCUT2D eigenvalue weighted by molar-refractivity contribution is 6.30. The smallest absolute Gasteiger partial charge is 0.138 e. The third-order valence-corrected chi connectivity index (χ3v) is 6.74. The number of piperidine rings is 1. The first kappa shape index (κ1) is 22.5. The molecule has 1 fully saturated rings. The largest absolute Gasteiger partial charge is 0.382 e. The molecule has 0 spiro atoms. The molecule has 1 aliphatic heterocycles. The Hall–Kier alpha value is -3.25. The predicted molar refractivity (Wildman–Crippen MR) is 139 cm³/mol. The Balaban J connectivity index is 1.16. The van der Waals surface area contributed by atoms with Crippen molar-refractivity contribution in [3.05, 3.63) is 89.1 Å². The number of benzene rings is 2. The lowest BCUT2D eigenvalue weighted by molar-refractivity contribution is 0.526. The minimum atomic E-state index is -0.188. The van der Waals surface area contributed by atoms with Gasteiger partial charge in [0.2, 0.25) is 0 Å². The van der Waals surface area contributed by atoms with Crippen molar-refractivity contribution in [3.63, 3.8) is 0 Å². The van der Waals surface area contributed by atoms with E-state index >= 15 is 0 Å². The molecular weight excluding hydrogens is 449 g/mol. The fourth-order valence-electron chi connectivity index (χ4n) is 4.63. The van der Waals surface area contributed by atoms with Gasteiger partial charge in [-0.05, 0) is 73.9 Å². The fraction of sp³-hybridized carbons (Fsp3) is 0.296. The first-order chi connectivity index (χ1) is 16.6. The molecule has 5 rings (SSSR count). The number of nitrogens with one attached hydrogen (secondary N) is 2. The molecule has 1 saturated heterocycles. The van der Waals surface area contributed by atoms with Crippen LogP contribution in [0.15, 0.2) is 66.9 Å². The van der Waals surface area contributed by atoms with E-state index in [4.69, 9.17) is 16.6 Å². The number of hydrogen-bond donors (Lipinski definition) is 2. The van der Waals surface area contributed by atoms with Gasteiger partial charge in [0.25, 0.3) is 0 Å². The maximum Gasteiger partial charge on any atom is 0.138 e. The highest BCUT2D eigenvalue weighted by Gasteiger charge is 2.19. The fourth-order valence-corrected chi connectivity index (χ4v) is 4.78. The van der Waals surface area contributed by atoms with Crippen molar-refractivity contribution in [2.24, 2.45) is 0 Å². The summed E-state index contributed by atoms with van der Waals surface area (Å²) < 4.78 is 15.3. The van der Waals surface area contributed by atoms with Crippen molar-refractivity contribution in [3.8, 4) is 0 Å². The van der Waals surface area contributed by atoms with Crippen LogP contribution in [0.5, 0.6) is 0 Å². The molecule has 7 heteroatoms. The summed E-state index contributed by atoms with van der Waals surface area (Å²) in [5.41, 5.74) is 6.41. The molecule has 2 N–H and O–H groups in total. The van der Waals surface area contributed by atoms with Crippen molar-refractivity contribution in [2.45, 2.75) is 38.8 Å². The molecule has 3 heterocycles. The Kier molecular flexibility index (Phi) is 6.59. The second-order valence-electron chi connectivity index (χ2n) is 8.74. The molecule has 2 aromatic carbocycles. The number of rotatable bonds is 7. The quantitative estimate of drug-likeness (QED) is 0.324. The first-order valence-electron chi connectivity index (χ1n) is 11.9. The standard InChI is InChI=1S/C27H29ClFN5/c1-2-25-26(34-16-11-19(28)17-27(34)32-25)18-30-21-5-7-22(8-6-21)31-23-12-14-33(15-13-23)24-9-3-20(29)4-10-24/h3-11,16-17,23,30-31H,2,12-15,18H2,1H3. The number of halogens is 2. The number of pyridine rings is 1. The number of hydrogen-bond acceptors (Lipinski definition) is 4. The summed E-state index contributed by atoms with van der Waals surface area (Å²) in [6.45, 7) is 4.75. The number of aryl methyl sites for hydroxylation is 1. The van der Waals surface area contributed by atoms with Gasteiger partial charge in [-0.3, -0.25) is 0 Å². The summed E-state index contributed by atoms with van der Waals surface area (Å²) in [7, 11) is 0. The van der Waals surface area contributed by atoms with E-state index in [1.54, 1.807) is 0 Å². The molecule has 176 valence electrons. The molecule has 4 aromatic rings. The third-order valence-electron chi connectivity index (χ3n) is 6.51. The molecule has 1 aliphatic rings. The van der Waals surface area contributed by atoms with Gasteiger partial charge in [-0.2, -0.15) is 0 Å². The summed E-state index contributed by atoms with van der Waals surface area (Å²) in [6, 6.07) is 19.5. The average Bonchev–Trinajstić information content (AvgIpc) is 3.21. The molecule has 34 heavy (non-hydrogen) atoms. The zero-order valence-corrected chi connectivity index (χ0v) is 20.0. The van der Waals surface area contributed by atoms with Crippen molar-refractivity contribution < 1.29 is 4.39 Å². The van der Waals surface area contributed by atoms with Crippen LogP contribution in [0.2, 0.25) is 5.02 Å². The molecule has 0 radical (unpaired) electrons. The highest BCUT2D eigenvalue weighted by atomic mass is 35.5. The van der Waals surface area contributed by atoms with E-state index in [0.29, 0.717) is 17.6 Å². The summed E-state index contributed by atoms with van der Waals surface area (Å²) in [6.07, 6.45) is 4.96. The van der Waals surface area contributed by atoms with E-state index < -0.39 is 0 Å². The van der Waals surface area contributed by atoms with Crippen molar-refractivity contribution in [2.75, 3.05) is 28.6 Å². The molecule has 2 aromatic heterocycles. The van der Waals surface area contributed by atoms with Gasteiger partial charge in [-0.25, -0.2) is 9.37 Å². The van der Waals surface area contributed by atoms with E-state index in [1.165, 1.54) is 12.1 Å². The lowest BCUT2D eigenvalue weighted by Crippen LogP contribution is -2.39. The topological polar surface area (TPSA) is 44.6 Å². The van der Waals surface area contributed by atoms with Gasteiger partial charge in [0.05, 0.1) is 17.9 Å². The lowest BCUT2D eigenvalue weighted by atomic mass is 10.0. The zero-order chi connectivity index (χ0) is 23.5. The van der Waals surface area contributed by atoms with Crippen LogP contribution in [0.1, 0.15) is 31.2 Å². The van der Waals surface area contributed by atoms with E-state index in [0.717, 1.165) is 66.4 Å². The molecule has 0 saturated carbocycles. The van der Waals surface area contributed by atoms with Crippen molar-refractivity contribution in [1.29, 1.82) is 0 Å². The van der Waals surface area contributed by atoms with Crippen LogP contribution in [0.25, 0.3) is 5.65 Å². The summed E-state index contributed by atoms with van der Waals surface area (Å²) in [4.78, 5) is 7.04. The summed E-state index contributed by atoms with van der Waals surface area (Å²) in [5.74, 6) is -0.188. The summed E-state index contributed by atoms with van der Waals surface area (Å²) in [5, 5.41) is 7.90. The van der Waals surface area contributed by atoms with Gasteiger partial charge < -0.3 is 19.9 Å². The Morgan fingerprint density at radius 3 is 2.41 bits per heavy atom. The normalized spacial score (nSPS) is 14.5. The van der Waals surface area contributed by atoms with E-state index in [9.17, 15) is 4.39 Å². The molecule has 0 aliphatic carbocycles. The number of nitrogens with zero attached hydrogens (tertiary/aromatic N) is 3. The van der Waals surface area contributed by atoms with Gasteiger partial charge >= 0.3 is 0 Å². The number of aromatic nitrogens is 2. The Morgan fingerprint density at radius 1 is 1.00 bits per heavy atom. The van der Waals surface area contributed by atoms with Crippen LogP contribution >= 0.6 is 11.6 Å². The molecule has 5 nitrogen and oxygen atoms in total. The van der Waals surface area contributed by atoms with Gasteiger partial charge in [0.1, 0.15) is 11.5 Å². The molecule has 0 bridgehead atoms. The second-order valence-corrected chi connectivity index (χ2v) is 9.18. The van der Waals surface area contributed by atoms with Gasteiger partial charge in [0, 0.05) is 53.5 Å². The molecule has 0 atom stereocenters. The van der Waals surface area contributed by atoms with Gasteiger partial charge in [-0.1, -0.05) is 18.5 Å². The van der Waals surface area contributed by atoms with Crippen molar-refractivity contribution >= 4 is 34.3 Å². The lowest BCUT2D eigenvalue weighted by Gasteiger charge is -2.34. The maximum absolute atomic E-state index is 13.2. The molecule has 0 unspecified atom stereocenters. The van der Waals surface area contributed by atoms with Crippen LogP contribution in [0, 0.1) is 5.82 Å². The first-order valence-corrected chi connectivity index (χ1v) is 12.2. The minimum Gasteiger partial charge on any atom is -0.382 e. The van der Waals surface area contributed by atoms with E-state index in [2.05, 4.69) is 51.1 Å². The molecule has 0 amide bonds. The minimum absolute atomic E-state index is 0.188. The number of imidazole rings is 1. The van der Waals surface area contributed by atoms with Crippen molar-refractivity contribution in [1.82, 2.24) is 9.38 Å². The van der Waals surface area contributed by atoms with Crippen LogP contribution in [-0.2, 0) is 13.0 Å². The van der Waals surface area contributed by atoms with E-state index in [1.807, 2.05) is 30.5 Å². The molecular formula is C27H29ClFN5. The summed E-state index contributed by atoms with van der Waals surface area (Å²) >= 11 is 6.13. The Morgan fingerprint density at radius 2 is 1.71 bits per heavy atom. The van der Waals surface area contributed by atoms with Gasteiger partial charge in [-0.15, -0.1) is 0 Å². The monoisotopic (exact) mass is 477 g/mol. The van der Waals surface area contributed by atoms with Crippen LogP contribution < -0.4 is 15.5 Å². The zero-order valence-electron chi connectivity index (χ0n) is 19.3. The van der Waals surface area contributed by atoms with Crippen LogP contribution in [0.3, 0.4) is 0 Å². The Labute approximate surface area is 204 Å². The third kappa shape index (κ3) is 4.97. The predicted octanol–water partition coefficient (Wildman–Crippen LogP) is 6.38. The second kappa shape index (κ2) is 9.94. The number of anilines is 3. The Bertz CT molecular complexity index is 1240. The van der Waals surface area contributed by atoms with E-state index in [-0.39, 0.29) is 5.82 Å². The highest BCUT2D eigenvalue weighted by Crippen LogP contribution is 2.24. The SMILES string of the molecule is CCc1nc2cc(Cl)ccn2c1CNc1ccc(NC2CCN(c3ccc(F)cc3)CC2)cc1. The maximum atomic E-state index is 13.2. The average molecular weight is 478 g/mol.